The average Bonchev–Trinajstić information content (AvgIpc) is 3.57. The SMILES string of the molecule is CN1C[C@H]2C[C@@H]1CN2C(=O)c1cccc2c1N1CCCCCNC(=O)c3cccc(c3)C(=O)/N=C/1N2. The fourth-order valence-corrected chi connectivity index (χ4v) is 5.81. The van der Waals surface area contributed by atoms with Crippen LogP contribution in [0.1, 0.15) is 56.8 Å². The Kier molecular flexibility index (Phi) is 5.72. The number of piperazine rings is 1. The number of rotatable bonds is 1. The Hall–Kier alpha value is -3.72. The minimum absolute atomic E-state index is 0.0386. The Balaban J connectivity index is 1.35. The van der Waals surface area contributed by atoms with Crippen LogP contribution in [0, 0.1) is 0 Å². The van der Waals surface area contributed by atoms with E-state index in [4.69, 9.17) is 0 Å². The number of carbonyl (C=O) groups is 3. The van der Waals surface area contributed by atoms with Crippen molar-refractivity contribution >= 4 is 35.1 Å². The summed E-state index contributed by atoms with van der Waals surface area (Å²) < 4.78 is 0. The number of nitrogens with one attached hydrogen (secondary N) is 2. The number of aliphatic imine (C=N–C) groups is 1. The Morgan fingerprint density at radius 3 is 2.64 bits per heavy atom. The second-order valence-electron chi connectivity index (χ2n) is 10.1. The van der Waals surface area contributed by atoms with E-state index >= 15 is 0 Å². The molecule has 0 spiro atoms. The highest BCUT2D eigenvalue weighted by Crippen LogP contribution is 2.39. The van der Waals surface area contributed by atoms with Gasteiger partial charge in [0.25, 0.3) is 17.7 Å². The van der Waals surface area contributed by atoms with Gasteiger partial charge in [-0.1, -0.05) is 12.1 Å². The number of amides is 3. The zero-order valence-electron chi connectivity index (χ0n) is 20.4. The number of carbonyl (C=O) groups excluding carboxylic acids is 3. The molecule has 4 bridgehead atoms. The van der Waals surface area contributed by atoms with Gasteiger partial charge in [0.1, 0.15) is 0 Å². The van der Waals surface area contributed by atoms with Gasteiger partial charge in [-0.25, -0.2) is 0 Å². The molecule has 0 saturated carbocycles. The van der Waals surface area contributed by atoms with Gasteiger partial charge in [0.05, 0.1) is 16.9 Å². The van der Waals surface area contributed by atoms with Crippen molar-refractivity contribution in [2.45, 2.75) is 37.8 Å². The van der Waals surface area contributed by atoms with E-state index in [2.05, 4.69) is 27.6 Å². The topological polar surface area (TPSA) is 97.4 Å². The largest absolute Gasteiger partial charge is 0.352 e. The summed E-state index contributed by atoms with van der Waals surface area (Å²) in [6.07, 6.45) is 3.59. The smallest absolute Gasteiger partial charge is 0.280 e. The molecule has 36 heavy (non-hydrogen) atoms. The Labute approximate surface area is 210 Å². The van der Waals surface area contributed by atoms with E-state index in [1.807, 2.05) is 28.0 Å². The second kappa shape index (κ2) is 9.05. The van der Waals surface area contributed by atoms with E-state index < -0.39 is 5.91 Å². The number of likely N-dealkylation sites (tertiary alicyclic amines) is 2. The molecule has 2 atom stereocenters. The minimum atomic E-state index is -0.435. The van der Waals surface area contributed by atoms with Crippen molar-refractivity contribution in [3.63, 3.8) is 0 Å². The van der Waals surface area contributed by atoms with Crippen LogP contribution in [-0.2, 0) is 0 Å². The Morgan fingerprint density at radius 2 is 1.83 bits per heavy atom. The molecule has 9 heteroatoms. The van der Waals surface area contributed by atoms with Crippen LogP contribution >= 0.6 is 0 Å². The Morgan fingerprint density at radius 1 is 1.00 bits per heavy atom. The van der Waals surface area contributed by atoms with E-state index in [0.29, 0.717) is 41.8 Å². The van der Waals surface area contributed by atoms with Crippen molar-refractivity contribution in [2.75, 3.05) is 43.4 Å². The first-order chi connectivity index (χ1) is 17.5. The zero-order chi connectivity index (χ0) is 24.8. The molecule has 2 N–H and O–H groups in total. The lowest BCUT2D eigenvalue weighted by Gasteiger charge is -2.32. The van der Waals surface area contributed by atoms with Gasteiger partial charge in [-0.2, -0.15) is 4.99 Å². The van der Waals surface area contributed by atoms with Crippen molar-refractivity contribution in [1.29, 1.82) is 0 Å². The molecule has 4 aliphatic heterocycles. The van der Waals surface area contributed by atoms with Gasteiger partial charge in [-0.3, -0.25) is 19.3 Å². The minimum Gasteiger partial charge on any atom is -0.352 e. The third kappa shape index (κ3) is 3.93. The summed E-state index contributed by atoms with van der Waals surface area (Å²) >= 11 is 0. The van der Waals surface area contributed by atoms with Crippen LogP contribution in [0.3, 0.4) is 0 Å². The van der Waals surface area contributed by atoms with Crippen LogP contribution in [0.5, 0.6) is 0 Å². The normalized spacial score (nSPS) is 25.4. The number of hydrogen-bond acceptors (Lipinski definition) is 6. The predicted octanol–water partition coefficient (Wildman–Crippen LogP) is 2.56. The van der Waals surface area contributed by atoms with Crippen LogP contribution in [0.15, 0.2) is 47.5 Å². The van der Waals surface area contributed by atoms with Crippen LogP contribution in [-0.4, -0.2) is 78.8 Å². The van der Waals surface area contributed by atoms with Crippen molar-refractivity contribution in [3.05, 3.63) is 59.2 Å². The van der Waals surface area contributed by atoms with Crippen LogP contribution in [0.25, 0.3) is 0 Å². The first-order valence-electron chi connectivity index (χ1n) is 12.7. The van der Waals surface area contributed by atoms with Crippen molar-refractivity contribution in [3.8, 4) is 0 Å². The number of likely N-dealkylation sites (N-methyl/N-ethyl adjacent to an activating group) is 1. The fourth-order valence-electron chi connectivity index (χ4n) is 5.81. The molecule has 2 aromatic rings. The summed E-state index contributed by atoms with van der Waals surface area (Å²) in [5.74, 6) is -0.163. The third-order valence-electron chi connectivity index (χ3n) is 7.74. The van der Waals surface area contributed by atoms with Gasteiger partial charge >= 0.3 is 0 Å². The summed E-state index contributed by atoms with van der Waals surface area (Å²) in [5, 5.41) is 6.22. The van der Waals surface area contributed by atoms with Crippen molar-refractivity contribution in [1.82, 2.24) is 15.1 Å². The standard InChI is InChI=1S/C27H30N6O3/c1-31-15-20-14-19(31)16-33(20)26(36)21-9-6-10-22-23(21)32-12-4-2-3-11-28-24(34)17-7-5-8-18(13-17)25(35)30-27(32)29-22/h5-10,13,19-20H,2-4,11-12,14-16H2,1H3,(H,28,34)(H,29,30,35)/t19-,20-/m1/s1. The molecule has 2 saturated heterocycles. The third-order valence-corrected chi connectivity index (χ3v) is 7.74. The predicted molar refractivity (Wildman–Crippen MR) is 138 cm³/mol. The maximum absolute atomic E-state index is 13.8. The van der Waals surface area contributed by atoms with E-state index in [1.54, 1.807) is 24.3 Å². The molecular weight excluding hydrogens is 456 g/mol. The molecule has 186 valence electrons. The number of nitrogens with zero attached hydrogens (tertiary/aromatic N) is 4. The second-order valence-corrected chi connectivity index (χ2v) is 10.1. The monoisotopic (exact) mass is 486 g/mol. The molecular formula is C27H30N6O3. The van der Waals surface area contributed by atoms with Crippen molar-refractivity contribution < 1.29 is 14.4 Å². The highest BCUT2D eigenvalue weighted by Gasteiger charge is 2.45. The highest BCUT2D eigenvalue weighted by molar-refractivity contribution is 6.22. The lowest BCUT2D eigenvalue weighted by molar-refractivity contribution is 0.0651. The van der Waals surface area contributed by atoms with Gasteiger partial charge in [0, 0.05) is 49.4 Å². The summed E-state index contributed by atoms with van der Waals surface area (Å²) in [4.78, 5) is 50.1. The number of benzene rings is 2. The van der Waals surface area contributed by atoms with Crippen LogP contribution in [0.4, 0.5) is 11.4 Å². The first kappa shape index (κ1) is 22.7. The molecule has 2 aromatic carbocycles. The summed E-state index contributed by atoms with van der Waals surface area (Å²) in [6.45, 7) is 2.84. The van der Waals surface area contributed by atoms with E-state index in [0.717, 1.165) is 50.1 Å². The highest BCUT2D eigenvalue weighted by atomic mass is 16.2. The molecule has 0 unspecified atom stereocenters. The van der Waals surface area contributed by atoms with E-state index in [9.17, 15) is 14.4 Å². The van der Waals surface area contributed by atoms with Crippen molar-refractivity contribution in [2.24, 2.45) is 4.99 Å². The van der Waals surface area contributed by atoms with Gasteiger partial charge < -0.3 is 20.4 Å². The Bertz CT molecular complexity index is 1270. The van der Waals surface area contributed by atoms with Gasteiger partial charge in [0.15, 0.2) is 0 Å². The number of guanidine groups is 1. The average molecular weight is 487 g/mol. The molecule has 0 aliphatic carbocycles. The molecule has 2 fully saturated rings. The van der Waals surface area contributed by atoms with Gasteiger partial charge in [-0.15, -0.1) is 0 Å². The molecule has 6 rings (SSSR count). The fraction of sp³-hybridized carbons (Fsp3) is 0.407. The maximum Gasteiger partial charge on any atom is 0.280 e. The lowest BCUT2D eigenvalue weighted by atomic mass is 10.1. The van der Waals surface area contributed by atoms with Gasteiger partial charge in [0.2, 0.25) is 5.96 Å². The summed E-state index contributed by atoms with van der Waals surface area (Å²) in [5.41, 5.74) is 3.00. The summed E-state index contributed by atoms with van der Waals surface area (Å²) in [7, 11) is 2.12. The number of fused-ring (bicyclic) bond motifs is 7. The molecule has 0 radical (unpaired) electrons. The molecule has 9 nitrogen and oxygen atoms in total. The zero-order valence-corrected chi connectivity index (χ0v) is 20.4. The molecule has 4 heterocycles. The lowest BCUT2D eigenvalue weighted by Crippen LogP contribution is -2.47. The number of hydrogen-bond donors (Lipinski definition) is 2. The molecule has 0 aromatic heterocycles. The maximum atomic E-state index is 13.8. The molecule has 4 aliphatic rings. The van der Waals surface area contributed by atoms with Crippen LogP contribution in [0.2, 0.25) is 0 Å². The molecule has 3 amide bonds. The van der Waals surface area contributed by atoms with Crippen LogP contribution < -0.4 is 15.5 Å². The van der Waals surface area contributed by atoms with E-state index in [1.165, 1.54) is 0 Å². The van der Waals surface area contributed by atoms with E-state index in [-0.39, 0.29) is 17.9 Å². The summed E-state index contributed by atoms with van der Waals surface area (Å²) in [6, 6.07) is 13.0. The number of anilines is 2. The first-order valence-corrected chi connectivity index (χ1v) is 12.7. The quantitative estimate of drug-likeness (QED) is 0.643. The van der Waals surface area contributed by atoms with Gasteiger partial charge in [-0.05, 0) is 63.1 Å². The number of para-hydroxylation sites is 1.